The van der Waals surface area contributed by atoms with Crippen LogP contribution in [-0.2, 0) is 9.53 Å². The average molecular weight is 233 g/mol. The molecular weight excluding hydrogens is 214 g/mol. The monoisotopic (exact) mass is 233 g/mol. The van der Waals surface area contributed by atoms with E-state index >= 15 is 0 Å². The molecule has 1 rings (SSSR count). The minimum atomic E-state index is -0.709. The van der Waals surface area contributed by atoms with Crippen LogP contribution in [0.5, 0.6) is 0 Å². The minimum Gasteiger partial charge on any atom is -0.468 e. The van der Waals surface area contributed by atoms with Gasteiger partial charge in [0.25, 0.3) is 0 Å². The number of carbonyl (C=O) groups excluding carboxylic acids is 1. The number of rotatable bonds is 3. The van der Waals surface area contributed by atoms with Crippen molar-refractivity contribution < 1.29 is 9.53 Å². The van der Waals surface area contributed by atoms with E-state index in [1.54, 1.807) is 0 Å². The normalized spacial score (nSPS) is 12.4. The Kier molecular flexibility index (Phi) is 3.94. The molecule has 3 heteroatoms. The summed E-state index contributed by atoms with van der Waals surface area (Å²) in [4.78, 5) is 11.8. The molecule has 17 heavy (non-hydrogen) atoms. The van der Waals surface area contributed by atoms with Crippen LogP contribution < -0.4 is 5.73 Å². The average Bonchev–Trinajstić information content (AvgIpc) is 2.31. The number of methoxy groups -OCH3 is 1. The first-order chi connectivity index (χ1) is 7.95. The lowest BCUT2D eigenvalue weighted by molar-refractivity contribution is -0.147. The third kappa shape index (κ3) is 2.49. The van der Waals surface area contributed by atoms with E-state index in [-0.39, 0.29) is 5.97 Å². The van der Waals surface area contributed by atoms with Crippen LogP contribution in [-0.4, -0.2) is 13.1 Å². The molecule has 0 unspecified atom stereocenters. The number of hydrogen-bond donors (Lipinski definition) is 1. The van der Waals surface area contributed by atoms with Crippen molar-refractivity contribution >= 4 is 17.2 Å². The molecule has 0 amide bonds. The molecular formula is C14H19NO2. The van der Waals surface area contributed by atoms with Gasteiger partial charge < -0.3 is 10.5 Å². The third-order valence-corrected chi connectivity index (χ3v) is 2.91. The van der Waals surface area contributed by atoms with E-state index in [2.05, 4.69) is 0 Å². The lowest BCUT2D eigenvalue weighted by Gasteiger charge is -2.26. The number of allylic oxidation sites excluding steroid dienone is 1. The quantitative estimate of drug-likeness (QED) is 0.645. The maximum Gasteiger partial charge on any atom is 0.315 e. The zero-order valence-corrected chi connectivity index (χ0v) is 10.8. The number of ether oxygens (including phenoxy) is 1. The zero-order valence-electron chi connectivity index (χ0n) is 10.8. The first-order valence-corrected chi connectivity index (χ1v) is 5.55. The van der Waals surface area contributed by atoms with Gasteiger partial charge in [-0.05, 0) is 32.4 Å². The topological polar surface area (TPSA) is 52.3 Å². The third-order valence-electron chi connectivity index (χ3n) is 2.91. The van der Waals surface area contributed by atoms with Gasteiger partial charge in [0.05, 0.1) is 12.5 Å². The van der Waals surface area contributed by atoms with Crippen LogP contribution in [0, 0.1) is 5.41 Å². The van der Waals surface area contributed by atoms with Crippen molar-refractivity contribution in [2.45, 2.75) is 20.8 Å². The first-order valence-electron chi connectivity index (χ1n) is 5.55. The van der Waals surface area contributed by atoms with Gasteiger partial charge in [-0.1, -0.05) is 24.3 Å². The van der Waals surface area contributed by atoms with Crippen LogP contribution in [0.1, 0.15) is 26.3 Å². The fraction of sp³-hybridized carbons (Fsp3) is 0.357. The van der Waals surface area contributed by atoms with Crippen molar-refractivity contribution in [3.63, 3.8) is 0 Å². The standard InChI is InChI=1S/C14H19NO2/c1-5-11(14(2,3)13(16)17-4)10-8-6-7-9-12(10)15/h5-9H,15H2,1-4H3/b11-5+. The molecule has 1 aromatic carbocycles. The first kappa shape index (κ1) is 13.3. The van der Waals surface area contributed by atoms with Crippen LogP contribution in [0.15, 0.2) is 30.3 Å². The Bertz CT molecular complexity index is 447. The maximum absolute atomic E-state index is 11.8. The minimum absolute atomic E-state index is 0.270. The molecule has 0 saturated carbocycles. The number of nitrogen functional groups attached to an aromatic ring is 1. The summed E-state index contributed by atoms with van der Waals surface area (Å²) in [7, 11) is 1.39. The summed E-state index contributed by atoms with van der Waals surface area (Å²) >= 11 is 0. The summed E-state index contributed by atoms with van der Waals surface area (Å²) in [5, 5.41) is 0. The van der Waals surface area contributed by atoms with E-state index in [9.17, 15) is 4.79 Å². The highest BCUT2D eigenvalue weighted by Gasteiger charge is 2.34. The SMILES string of the molecule is C/C=C(\c1ccccc1N)C(C)(C)C(=O)OC. The summed E-state index contributed by atoms with van der Waals surface area (Å²) in [5.41, 5.74) is 7.65. The molecule has 0 aliphatic rings. The molecule has 0 atom stereocenters. The molecule has 0 aliphatic carbocycles. The Morgan fingerprint density at radius 1 is 1.35 bits per heavy atom. The molecule has 0 aromatic heterocycles. The molecule has 0 bridgehead atoms. The van der Waals surface area contributed by atoms with E-state index < -0.39 is 5.41 Å². The van der Waals surface area contributed by atoms with Gasteiger partial charge in [0.2, 0.25) is 0 Å². The van der Waals surface area contributed by atoms with Crippen LogP contribution in [0.3, 0.4) is 0 Å². The van der Waals surface area contributed by atoms with Gasteiger partial charge in [0.15, 0.2) is 0 Å². The van der Waals surface area contributed by atoms with Gasteiger partial charge in [-0.15, -0.1) is 0 Å². The summed E-state index contributed by atoms with van der Waals surface area (Å²) in [6.45, 7) is 5.56. The fourth-order valence-corrected chi connectivity index (χ4v) is 1.96. The Hall–Kier alpha value is -1.77. The summed E-state index contributed by atoms with van der Waals surface area (Å²) in [5.74, 6) is -0.270. The van der Waals surface area contributed by atoms with Crippen LogP contribution in [0.25, 0.3) is 5.57 Å². The fourth-order valence-electron chi connectivity index (χ4n) is 1.96. The highest BCUT2D eigenvalue weighted by atomic mass is 16.5. The van der Waals surface area contributed by atoms with Crippen molar-refractivity contribution in [1.29, 1.82) is 0 Å². The highest BCUT2D eigenvalue weighted by Crippen LogP contribution is 2.37. The highest BCUT2D eigenvalue weighted by molar-refractivity contribution is 5.94. The number of anilines is 1. The zero-order chi connectivity index (χ0) is 13.1. The van der Waals surface area contributed by atoms with Gasteiger partial charge in [-0.25, -0.2) is 0 Å². The second-order valence-corrected chi connectivity index (χ2v) is 4.41. The molecule has 0 spiro atoms. The number of carbonyl (C=O) groups is 1. The molecule has 0 saturated heterocycles. The van der Waals surface area contributed by atoms with Crippen molar-refractivity contribution in [3.8, 4) is 0 Å². The number of benzene rings is 1. The Morgan fingerprint density at radius 3 is 2.41 bits per heavy atom. The van der Waals surface area contributed by atoms with E-state index in [1.807, 2.05) is 51.1 Å². The van der Waals surface area contributed by atoms with Gasteiger partial charge in [0, 0.05) is 11.3 Å². The molecule has 2 N–H and O–H groups in total. The predicted octanol–water partition coefficient (Wildman–Crippen LogP) is 2.87. The largest absolute Gasteiger partial charge is 0.468 e. The van der Waals surface area contributed by atoms with Gasteiger partial charge in [-0.2, -0.15) is 0 Å². The smallest absolute Gasteiger partial charge is 0.315 e. The van der Waals surface area contributed by atoms with Crippen LogP contribution in [0.4, 0.5) is 5.69 Å². The maximum atomic E-state index is 11.8. The molecule has 0 aliphatic heterocycles. The summed E-state index contributed by atoms with van der Waals surface area (Å²) in [6, 6.07) is 7.52. The molecule has 0 fully saturated rings. The number of para-hydroxylation sites is 1. The van der Waals surface area contributed by atoms with Gasteiger partial charge in [0.1, 0.15) is 0 Å². The van der Waals surface area contributed by atoms with Gasteiger partial charge >= 0.3 is 5.97 Å². The molecule has 1 aromatic rings. The van der Waals surface area contributed by atoms with E-state index in [1.165, 1.54) is 7.11 Å². The molecule has 0 radical (unpaired) electrons. The molecule has 0 heterocycles. The summed E-state index contributed by atoms with van der Waals surface area (Å²) < 4.78 is 4.84. The lowest BCUT2D eigenvalue weighted by Crippen LogP contribution is -2.27. The van der Waals surface area contributed by atoms with E-state index in [0.29, 0.717) is 5.69 Å². The van der Waals surface area contributed by atoms with E-state index in [0.717, 1.165) is 11.1 Å². The Balaban J connectivity index is 3.27. The second-order valence-electron chi connectivity index (χ2n) is 4.41. The van der Waals surface area contributed by atoms with Crippen molar-refractivity contribution in [2.24, 2.45) is 5.41 Å². The Labute approximate surface area is 102 Å². The van der Waals surface area contributed by atoms with E-state index in [4.69, 9.17) is 10.5 Å². The lowest BCUT2D eigenvalue weighted by atomic mass is 9.79. The van der Waals surface area contributed by atoms with Gasteiger partial charge in [-0.3, -0.25) is 4.79 Å². The van der Waals surface area contributed by atoms with Crippen molar-refractivity contribution in [3.05, 3.63) is 35.9 Å². The molecule has 3 nitrogen and oxygen atoms in total. The summed E-state index contributed by atoms with van der Waals surface area (Å²) in [6.07, 6.45) is 1.91. The predicted molar refractivity (Wildman–Crippen MR) is 70.3 cm³/mol. The number of hydrogen-bond acceptors (Lipinski definition) is 3. The van der Waals surface area contributed by atoms with Crippen LogP contribution >= 0.6 is 0 Å². The molecule has 92 valence electrons. The number of esters is 1. The number of nitrogens with two attached hydrogens (primary N) is 1. The van der Waals surface area contributed by atoms with Crippen molar-refractivity contribution in [2.75, 3.05) is 12.8 Å². The second kappa shape index (κ2) is 5.04. The Morgan fingerprint density at radius 2 is 1.94 bits per heavy atom. The van der Waals surface area contributed by atoms with Crippen molar-refractivity contribution in [1.82, 2.24) is 0 Å². The van der Waals surface area contributed by atoms with Crippen LogP contribution in [0.2, 0.25) is 0 Å².